The standard InChI is InChI=1S/C46H76O11/c1-8-9-10-11-12-13-14-15-16-17-18-19-20-21-22-27-33-53-44-40(55-41(49)35-29-24-23-25-30-35)39(38(48)37(34-47)54-44)52-32-28-26-31-36(42(50)56-45(2,3)4)43(51)57-46(5,6)7/h10-11,23-25,29-30,36-40,44,47-48H,8-9,12-22,26-28,31-34H2,1-7H3/t37-,38+,39+,40-,44-/m1/s1. The number of esters is 3. The Morgan fingerprint density at radius 2 is 1.21 bits per heavy atom. The summed E-state index contributed by atoms with van der Waals surface area (Å²) in [4.78, 5) is 39.2. The molecule has 1 aromatic rings. The summed E-state index contributed by atoms with van der Waals surface area (Å²) < 4.78 is 35.2. The van der Waals surface area contributed by atoms with Crippen molar-refractivity contribution < 1.29 is 53.0 Å². The van der Waals surface area contributed by atoms with Crippen molar-refractivity contribution in [2.75, 3.05) is 19.8 Å². The molecule has 0 aromatic heterocycles. The maximum atomic E-state index is 13.3. The van der Waals surface area contributed by atoms with Crippen molar-refractivity contribution >= 4 is 17.9 Å². The molecule has 0 saturated carbocycles. The van der Waals surface area contributed by atoms with Crippen molar-refractivity contribution in [1.29, 1.82) is 0 Å². The molecule has 0 radical (unpaired) electrons. The zero-order valence-electron chi connectivity index (χ0n) is 36.2. The van der Waals surface area contributed by atoms with Gasteiger partial charge in [-0.15, -0.1) is 0 Å². The summed E-state index contributed by atoms with van der Waals surface area (Å²) >= 11 is 0. The van der Waals surface area contributed by atoms with E-state index in [2.05, 4.69) is 19.1 Å². The van der Waals surface area contributed by atoms with E-state index in [9.17, 15) is 24.6 Å². The van der Waals surface area contributed by atoms with E-state index in [-0.39, 0.29) is 13.0 Å². The molecule has 1 heterocycles. The van der Waals surface area contributed by atoms with E-state index >= 15 is 0 Å². The second-order valence-electron chi connectivity index (χ2n) is 17.2. The number of allylic oxidation sites excluding steroid dienone is 2. The molecular formula is C46H76O11. The number of carbonyl (C=O) groups is 3. The Balaban J connectivity index is 1.92. The lowest BCUT2D eigenvalue weighted by molar-refractivity contribution is -0.306. The van der Waals surface area contributed by atoms with Crippen LogP contribution in [0.1, 0.15) is 168 Å². The zero-order valence-corrected chi connectivity index (χ0v) is 36.2. The van der Waals surface area contributed by atoms with Crippen molar-refractivity contribution in [3.8, 4) is 0 Å². The Morgan fingerprint density at radius 1 is 0.702 bits per heavy atom. The summed E-state index contributed by atoms with van der Waals surface area (Å²) in [5.74, 6) is -3.05. The predicted octanol–water partition coefficient (Wildman–Crippen LogP) is 9.20. The van der Waals surface area contributed by atoms with Crippen LogP contribution in [0, 0.1) is 5.92 Å². The molecule has 0 bridgehead atoms. The third-order valence-electron chi connectivity index (χ3n) is 9.55. The van der Waals surface area contributed by atoms with Crippen molar-refractivity contribution in [1.82, 2.24) is 0 Å². The first-order valence-electron chi connectivity index (χ1n) is 21.7. The van der Waals surface area contributed by atoms with Gasteiger partial charge in [0.05, 0.1) is 12.2 Å². The summed E-state index contributed by atoms with van der Waals surface area (Å²) in [6, 6.07) is 8.50. The molecule has 0 unspecified atom stereocenters. The van der Waals surface area contributed by atoms with Crippen LogP contribution in [-0.2, 0) is 38.0 Å². The minimum absolute atomic E-state index is 0.0953. The molecule has 1 aromatic carbocycles. The molecule has 57 heavy (non-hydrogen) atoms. The van der Waals surface area contributed by atoms with Crippen LogP contribution >= 0.6 is 0 Å². The molecule has 1 saturated heterocycles. The van der Waals surface area contributed by atoms with Crippen LogP contribution in [0.5, 0.6) is 0 Å². The van der Waals surface area contributed by atoms with E-state index in [1.807, 2.05) is 0 Å². The van der Waals surface area contributed by atoms with E-state index in [0.29, 0.717) is 25.0 Å². The van der Waals surface area contributed by atoms with E-state index < -0.39 is 72.3 Å². The molecule has 1 fully saturated rings. The number of carbonyl (C=O) groups excluding carboxylic acids is 3. The molecule has 0 spiro atoms. The van der Waals surface area contributed by atoms with E-state index in [4.69, 9.17) is 28.4 Å². The van der Waals surface area contributed by atoms with E-state index in [1.54, 1.807) is 71.9 Å². The largest absolute Gasteiger partial charge is 0.459 e. The lowest BCUT2D eigenvalue weighted by atomic mass is 9.98. The molecule has 326 valence electrons. The van der Waals surface area contributed by atoms with E-state index in [0.717, 1.165) is 19.3 Å². The normalized spacial score (nSPS) is 20.2. The van der Waals surface area contributed by atoms with Crippen LogP contribution in [-0.4, -0.2) is 89.8 Å². The van der Waals surface area contributed by atoms with Gasteiger partial charge in [0.2, 0.25) is 0 Å². The Morgan fingerprint density at radius 3 is 1.75 bits per heavy atom. The minimum atomic E-state index is -1.33. The van der Waals surface area contributed by atoms with Crippen molar-refractivity contribution in [2.24, 2.45) is 5.92 Å². The van der Waals surface area contributed by atoms with Gasteiger partial charge >= 0.3 is 17.9 Å². The number of rotatable bonds is 28. The first-order valence-corrected chi connectivity index (χ1v) is 21.7. The van der Waals surface area contributed by atoms with Crippen LogP contribution in [0.15, 0.2) is 42.5 Å². The van der Waals surface area contributed by atoms with Gasteiger partial charge in [0.1, 0.15) is 29.5 Å². The maximum absolute atomic E-state index is 13.3. The van der Waals surface area contributed by atoms with Crippen LogP contribution in [0.4, 0.5) is 0 Å². The van der Waals surface area contributed by atoms with Crippen molar-refractivity contribution in [3.05, 3.63) is 48.0 Å². The quantitative estimate of drug-likeness (QED) is 0.0275. The summed E-state index contributed by atoms with van der Waals surface area (Å²) in [6.07, 6.45) is 16.6. The summed E-state index contributed by atoms with van der Waals surface area (Å²) in [5.41, 5.74) is -1.24. The van der Waals surface area contributed by atoms with Crippen molar-refractivity contribution in [2.45, 2.75) is 200 Å². The van der Waals surface area contributed by atoms with E-state index in [1.165, 1.54) is 70.6 Å². The second kappa shape index (κ2) is 27.8. The van der Waals surface area contributed by atoms with Gasteiger partial charge in [-0.3, -0.25) is 9.59 Å². The van der Waals surface area contributed by atoms with Gasteiger partial charge in [-0.05, 0) is 98.6 Å². The van der Waals surface area contributed by atoms with Gasteiger partial charge < -0.3 is 38.6 Å². The van der Waals surface area contributed by atoms with Crippen LogP contribution in [0.3, 0.4) is 0 Å². The van der Waals surface area contributed by atoms with Gasteiger partial charge in [-0.25, -0.2) is 4.79 Å². The number of benzene rings is 1. The zero-order chi connectivity index (χ0) is 42.1. The highest BCUT2D eigenvalue weighted by Crippen LogP contribution is 2.29. The monoisotopic (exact) mass is 805 g/mol. The first kappa shape index (κ1) is 50.3. The second-order valence-corrected chi connectivity index (χ2v) is 17.2. The molecule has 1 aliphatic heterocycles. The molecule has 0 aliphatic carbocycles. The molecule has 2 N–H and O–H groups in total. The third-order valence-corrected chi connectivity index (χ3v) is 9.55. The maximum Gasteiger partial charge on any atom is 0.338 e. The molecular weight excluding hydrogens is 728 g/mol. The van der Waals surface area contributed by atoms with Gasteiger partial charge in [0.25, 0.3) is 0 Å². The minimum Gasteiger partial charge on any atom is -0.459 e. The molecule has 2 rings (SSSR count). The van der Waals surface area contributed by atoms with Gasteiger partial charge in [0, 0.05) is 13.2 Å². The Bertz CT molecular complexity index is 1240. The topological polar surface area (TPSA) is 147 Å². The fourth-order valence-electron chi connectivity index (χ4n) is 6.56. The van der Waals surface area contributed by atoms with Crippen LogP contribution in [0.2, 0.25) is 0 Å². The highest BCUT2D eigenvalue weighted by molar-refractivity contribution is 5.95. The molecule has 0 amide bonds. The number of unbranched alkanes of at least 4 members (excludes halogenated alkanes) is 13. The SMILES string of the molecule is CCCC=CCCCCCCCCCCCCCO[C@@H]1O[C@H](CO)[C@H](O)[C@H](OCCCCC(C(=O)OC(C)(C)C)C(=O)OC(C)(C)C)[C@H]1OC(=O)c1ccccc1. The number of hydrogen-bond acceptors (Lipinski definition) is 11. The van der Waals surface area contributed by atoms with Crippen LogP contribution in [0.25, 0.3) is 0 Å². The fraction of sp³-hybridized carbons (Fsp3) is 0.761. The van der Waals surface area contributed by atoms with Crippen molar-refractivity contribution in [3.63, 3.8) is 0 Å². The number of ether oxygens (including phenoxy) is 6. The fourth-order valence-corrected chi connectivity index (χ4v) is 6.56. The third kappa shape index (κ3) is 21.7. The van der Waals surface area contributed by atoms with Gasteiger partial charge in [-0.1, -0.05) is 101 Å². The molecule has 1 aliphatic rings. The number of aliphatic hydroxyl groups excluding tert-OH is 2. The number of aliphatic hydroxyl groups is 2. The lowest BCUT2D eigenvalue weighted by Crippen LogP contribution is -2.61. The average Bonchev–Trinajstić information content (AvgIpc) is 3.14. The Kier molecular flexibility index (Phi) is 24.5. The van der Waals surface area contributed by atoms with Gasteiger partial charge in [-0.2, -0.15) is 0 Å². The Labute approximate surface area is 343 Å². The van der Waals surface area contributed by atoms with Crippen LogP contribution < -0.4 is 0 Å². The number of hydrogen-bond donors (Lipinski definition) is 2. The average molecular weight is 805 g/mol. The summed E-state index contributed by atoms with van der Waals surface area (Å²) in [6.45, 7) is 12.6. The summed E-state index contributed by atoms with van der Waals surface area (Å²) in [7, 11) is 0. The predicted molar refractivity (Wildman–Crippen MR) is 222 cm³/mol. The molecule has 11 heteroatoms. The first-order chi connectivity index (χ1) is 27.2. The highest BCUT2D eigenvalue weighted by atomic mass is 16.7. The highest BCUT2D eigenvalue weighted by Gasteiger charge is 2.49. The van der Waals surface area contributed by atoms with Gasteiger partial charge in [0.15, 0.2) is 18.3 Å². The Hall–Kier alpha value is -2.83. The molecule has 11 nitrogen and oxygen atoms in total. The summed E-state index contributed by atoms with van der Waals surface area (Å²) in [5, 5.41) is 21.4. The smallest absolute Gasteiger partial charge is 0.338 e. The lowest BCUT2D eigenvalue weighted by Gasteiger charge is -2.43. The molecule has 5 atom stereocenters.